The van der Waals surface area contributed by atoms with Crippen molar-refractivity contribution >= 4 is 11.7 Å². The van der Waals surface area contributed by atoms with Gasteiger partial charge in [-0.05, 0) is 47.8 Å². The van der Waals surface area contributed by atoms with Gasteiger partial charge in [0, 0.05) is 17.7 Å². The molecule has 0 bridgehead atoms. The average molecular weight is 434 g/mol. The van der Waals surface area contributed by atoms with Crippen molar-refractivity contribution < 1.29 is 28.5 Å². The van der Waals surface area contributed by atoms with Crippen molar-refractivity contribution in [3.63, 3.8) is 0 Å². The van der Waals surface area contributed by atoms with Gasteiger partial charge >= 0.3 is 12.6 Å². The van der Waals surface area contributed by atoms with Gasteiger partial charge in [0.1, 0.15) is 11.5 Å². The Kier molecular flexibility index (Phi) is 4.94. The number of carboxylic acid groups (broad SMARTS) is 1. The molecule has 2 aliphatic rings. The van der Waals surface area contributed by atoms with Crippen LogP contribution in [0.15, 0.2) is 10.9 Å². The fourth-order valence-electron chi connectivity index (χ4n) is 4.75. The summed E-state index contributed by atoms with van der Waals surface area (Å²) in [5.74, 6) is -2.45. The summed E-state index contributed by atoms with van der Waals surface area (Å²) in [6.07, 6.45) is 1.93. The van der Waals surface area contributed by atoms with E-state index in [0.29, 0.717) is 36.2 Å². The number of benzene rings is 1. The zero-order chi connectivity index (χ0) is 22.7. The first-order valence-corrected chi connectivity index (χ1v) is 10.1. The average Bonchev–Trinajstić information content (AvgIpc) is 2.66. The molecule has 166 valence electrons. The standard InChI is InChI=1S/C22H24F2N2O5/c1-22(2,3)12-7-10-9-5-4-6-25-16(9)13(31-21(23)24)8-11(10)17-14(12)18(27)15(20(29)30)19(28)26-17/h8,12,21,25H,4-7H2,1-3H3,(H,29,30)(H2,26,27,28). The number of rotatable bonds is 3. The highest BCUT2D eigenvalue weighted by Gasteiger charge is 2.40. The predicted molar refractivity (Wildman–Crippen MR) is 110 cm³/mol. The number of nitrogens with one attached hydrogen (secondary N) is 2. The van der Waals surface area contributed by atoms with Crippen LogP contribution < -0.4 is 15.6 Å². The number of pyridine rings is 1. The first kappa shape index (κ1) is 21.1. The minimum absolute atomic E-state index is 0.0359. The molecule has 4 rings (SSSR count). The van der Waals surface area contributed by atoms with Gasteiger partial charge < -0.3 is 25.3 Å². The monoisotopic (exact) mass is 434 g/mol. The van der Waals surface area contributed by atoms with E-state index < -0.39 is 29.5 Å². The minimum atomic E-state index is -3.03. The number of aromatic carboxylic acids is 1. The number of H-pyrrole nitrogens is 1. The molecule has 1 aliphatic carbocycles. The Morgan fingerprint density at radius 3 is 2.61 bits per heavy atom. The van der Waals surface area contributed by atoms with Crippen LogP contribution in [0.5, 0.6) is 11.5 Å². The van der Waals surface area contributed by atoms with Crippen molar-refractivity contribution in [2.24, 2.45) is 5.41 Å². The fraction of sp³-hybridized carbons (Fsp3) is 0.455. The maximum atomic E-state index is 13.1. The second-order valence-corrected chi connectivity index (χ2v) is 9.06. The Labute approximate surface area is 177 Å². The molecule has 1 atom stereocenters. The molecule has 4 N–H and O–H groups in total. The van der Waals surface area contributed by atoms with Gasteiger partial charge in [0.25, 0.3) is 5.56 Å². The number of alkyl halides is 2. The number of anilines is 1. The quantitative estimate of drug-likeness (QED) is 0.579. The van der Waals surface area contributed by atoms with E-state index >= 15 is 0 Å². The van der Waals surface area contributed by atoms with Crippen molar-refractivity contribution in [1.82, 2.24) is 4.98 Å². The lowest BCUT2D eigenvalue weighted by atomic mass is 9.67. The Bertz CT molecular complexity index is 1130. The van der Waals surface area contributed by atoms with Crippen molar-refractivity contribution in [2.45, 2.75) is 52.6 Å². The largest absolute Gasteiger partial charge is 0.506 e. The van der Waals surface area contributed by atoms with E-state index in [1.54, 1.807) is 0 Å². The van der Waals surface area contributed by atoms with Crippen molar-refractivity contribution in [3.05, 3.63) is 38.7 Å². The first-order valence-electron chi connectivity index (χ1n) is 10.1. The van der Waals surface area contributed by atoms with Crippen molar-refractivity contribution in [2.75, 3.05) is 11.9 Å². The molecule has 31 heavy (non-hydrogen) atoms. The van der Waals surface area contributed by atoms with E-state index in [1.165, 1.54) is 6.07 Å². The number of aromatic amines is 1. The lowest BCUT2D eigenvalue weighted by molar-refractivity contribution is -0.0494. The van der Waals surface area contributed by atoms with Crippen LogP contribution in [0.4, 0.5) is 14.5 Å². The smallest absolute Gasteiger partial charge is 0.387 e. The Morgan fingerprint density at radius 1 is 1.29 bits per heavy atom. The number of carbonyl (C=O) groups is 1. The van der Waals surface area contributed by atoms with Gasteiger partial charge in [-0.15, -0.1) is 0 Å². The van der Waals surface area contributed by atoms with Crippen LogP contribution >= 0.6 is 0 Å². The van der Waals surface area contributed by atoms with E-state index in [1.807, 2.05) is 20.8 Å². The van der Waals surface area contributed by atoms with Crippen LogP contribution in [0, 0.1) is 5.41 Å². The Hall–Kier alpha value is -3.10. The van der Waals surface area contributed by atoms with Crippen LogP contribution in [0.25, 0.3) is 11.3 Å². The Morgan fingerprint density at radius 2 is 2.00 bits per heavy atom. The van der Waals surface area contributed by atoms with E-state index in [2.05, 4.69) is 10.3 Å². The van der Waals surface area contributed by atoms with Crippen LogP contribution in [-0.2, 0) is 12.8 Å². The van der Waals surface area contributed by atoms with Crippen LogP contribution in [0.1, 0.15) is 60.2 Å². The van der Waals surface area contributed by atoms with Crippen molar-refractivity contribution in [1.29, 1.82) is 0 Å². The molecule has 0 saturated heterocycles. The summed E-state index contributed by atoms with van der Waals surface area (Å²) >= 11 is 0. The molecule has 0 saturated carbocycles. The highest BCUT2D eigenvalue weighted by atomic mass is 19.3. The Balaban J connectivity index is 2.08. The molecule has 2 heterocycles. The number of hydrogen-bond acceptors (Lipinski definition) is 5. The number of ether oxygens (including phenoxy) is 1. The third-order valence-corrected chi connectivity index (χ3v) is 6.15. The van der Waals surface area contributed by atoms with Crippen molar-refractivity contribution in [3.8, 4) is 22.8 Å². The molecule has 0 amide bonds. The predicted octanol–water partition coefficient (Wildman–Crippen LogP) is 4.09. The number of aromatic hydroxyl groups is 1. The maximum Gasteiger partial charge on any atom is 0.387 e. The van der Waals surface area contributed by atoms with Gasteiger partial charge in [0.2, 0.25) is 0 Å². The van der Waals surface area contributed by atoms with E-state index in [-0.39, 0.29) is 22.8 Å². The SMILES string of the molecule is CC(C)(C)C1Cc2c(cc(OC(F)F)c3c2CCCN3)-c2[nH]c(=O)c(C(=O)O)c(O)c21. The van der Waals surface area contributed by atoms with Gasteiger partial charge in [-0.1, -0.05) is 20.8 Å². The number of carboxylic acids is 1. The summed E-state index contributed by atoms with van der Waals surface area (Å²) in [6, 6.07) is 1.44. The van der Waals surface area contributed by atoms with E-state index in [9.17, 15) is 28.6 Å². The third-order valence-electron chi connectivity index (χ3n) is 6.15. The van der Waals surface area contributed by atoms with Crippen LogP contribution in [0.2, 0.25) is 0 Å². The maximum absolute atomic E-state index is 13.1. The second kappa shape index (κ2) is 7.25. The summed E-state index contributed by atoms with van der Waals surface area (Å²) < 4.78 is 31.0. The summed E-state index contributed by atoms with van der Waals surface area (Å²) in [5, 5.41) is 23.4. The molecule has 1 aliphatic heterocycles. The topological polar surface area (TPSA) is 112 Å². The summed E-state index contributed by atoms with van der Waals surface area (Å²) in [5.41, 5.74) is 1.23. The molecule has 1 unspecified atom stereocenters. The van der Waals surface area contributed by atoms with Gasteiger partial charge in [0.15, 0.2) is 5.56 Å². The molecule has 1 aromatic carbocycles. The fourth-order valence-corrected chi connectivity index (χ4v) is 4.75. The second-order valence-electron chi connectivity index (χ2n) is 9.06. The molecule has 9 heteroatoms. The molecule has 1 aromatic heterocycles. The summed E-state index contributed by atoms with van der Waals surface area (Å²) in [7, 11) is 0. The van der Waals surface area contributed by atoms with Gasteiger partial charge in [0.05, 0.1) is 11.4 Å². The normalized spacial score (nSPS) is 17.4. The number of aromatic nitrogens is 1. The molecule has 0 radical (unpaired) electrons. The summed E-state index contributed by atoms with van der Waals surface area (Å²) in [6.45, 7) is 3.51. The molecular weight excluding hydrogens is 410 g/mol. The molecule has 0 fully saturated rings. The number of fused-ring (bicyclic) bond motifs is 5. The lowest BCUT2D eigenvalue weighted by Crippen LogP contribution is -2.30. The molecule has 2 aromatic rings. The number of halogens is 2. The van der Waals surface area contributed by atoms with Gasteiger partial charge in [-0.25, -0.2) is 4.79 Å². The van der Waals surface area contributed by atoms with Crippen LogP contribution in [-0.4, -0.2) is 34.3 Å². The van der Waals surface area contributed by atoms with E-state index in [0.717, 1.165) is 17.5 Å². The van der Waals surface area contributed by atoms with Gasteiger partial charge in [-0.3, -0.25) is 4.79 Å². The molecule has 7 nitrogen and oxygen atoms in total. The zero-order valence-electron chi connectivity index (χ0n) is 17.4. The summed E-state index contributed by atoms with van der Waals surface area (Å²) in [4.78, 5) is 26.7. The highest BCUT2D eigenvalue weighted by molar-refractivity contribution is 5.93. The molecule has 0 spiro atoms. The highest BCUT2D eigenvalue weighted by Crippen LogP contribution is 2.53. The number of hydrogen-bond donors (Lipinski definition) is 4. The third kappa shape index (κ3) is 3.41. The zero-order valence-corrected chi connectivity index (χ0v) is 17.4. The van der Waals surface area contributed by atoms with Crippen LogP contribution in [0.3, 0.4) is 0 Å². The molecular formula is C22H24F2N2O5. The minimum Gasteiger partial charge on any atom is -0.506 e. The first-order chi connectivity index (χ1) is 14.5. The lowest BCUT2D eigenvalue weighted by Gasteiger charge is -2.39. The van der Waals surface area contributed by atoms with E-state index in [4.69, 9.17) is 4.74 Å². The van der Waals surface area contributed by atoms with Gasteiger partial charge in [-0.2, -0.15) is 8.78 Å².